The maximum Gasteiger partial charge on any atom is 0.246 e. The van der Waals surface area contributed by atoms with Gasteiger partial charge in [0, 0.05) is 19.7 Å². The second kappa shape index (κ2) is 7.27. The van der Waals surface area contributed by atoms with Crippen molar-refractivity contribution in [2.45, 2.75) is 6.54 Å². The SMILES string of the molecule is COc1cccc(CN(C)C(=O)C=Cc2nc3ccccc3s2)c1. The Hall–Kier alpha value is -2.66. The van der Waals surface area contributed by atoms with E-state index >= 15 is 0 Å². The van der Waals surface area contributed by atoms with Crippen molar-refractivity contribution in [3.05, 3.63) is 65.2 Å². The summed E-state index contributed by atoms with van der Waals surface area (Å²) in [6.45, 7) is 0.528. The van der Waals surface area contributed by atoms with E-state index in [0.717, 1.165) is 26.5 Å². The van der Waals surface area contributed by atoms with Gasteiger partial charge in [0.05, 0.1) is 17.3 Å². The molecule has 0 N–H and O–H groups in total. The molecule has 0 saturated carbocycles. The number of para-hydroxylation sites is 1. The monoisotopic (exact) mass is 338 g/mol. The number of aromatic nitrogens is 1. The van der Waals surface area contributed by atoms with Crippen LogP contribution in [0.5, 0.6) is 5.75 Å². The number of thiazole rings is 1. The fourth-order valence-electron chi connectivity index (χ4n) is 2.35. The lowest BCUT2D eigenvalue weighted by Crippen LogP contribution is -2.24. The average Bonchev–Trinajstić information content (AvgIpc) is 3.02. The van der Waals surface area contributed by atoms with Crippen molar-refractivity contribution < 1.29 is 9.53 Å². The van der Waals surface area contributed by atoms with Crippen LogP contribution in [-0.4, -0.2) is 29.9 Å². The smallest absolute Gasteiger partial charge is 0.246 e. The van der Waals surface area contributed by atoms with E-state index in [9.17, 15) is 4.79 Å². The van der Waals surface area contributed by atoms with Gasteiger partial charge in [-0.3, -0.25) is 4.79 Å². The maximum absolute atomic E-state index is 12.3. The molecule has 24 heavy (non-hydrogen) atoms. The molecule has 1 heterocycles. The highest BCUT2D eigenvalue weighted by Gasteiger charge is 2.07. The third kappa shape index (κ3) is 3.81. The normalized spacial score (nSPS) is 11.1. The van der Waals surface area contributed by atoms with Gasteiger partial charge < -0.3 is 9.64 Å². The first-order chi connectivity index (χ1) is 11.7. The Labute approximate surface area is 145 Å². The molecule has 1 aromatic heterocycles. The number of ether oxygens (including phenoxy) is 1. The van der Waals surface area contributed by atoms with E-state index in [1.807, 2.05) is 48.5 Å². The van der Waals surface area contributed by atoms with Crippen molar-refractivity contribution >= 4 is 33.5 Å². The molecule has 0 bridgehead atoms. The van der Waals surface area contributed by atoms with Crippen LogP contribution in [0.2, 0.25) is 0 Å². The molecule has 0 aliphatic heterocycles. The minimum atomic E-state index is -0.0583. The molecule has 0 atom stereocenters. The Morgan fingerprint density at radius 3 is 2.88 bits per heavy atom. The van der Waals surface area contributed by atoms with Gasteiger partial charge in [-0.2, -0.15) is 0 Å². The molecule has 5 heteroatoms. The zero-order chi connectivity index (χ0) is 16.9. The van der Waals surface area contributed by atoms with Crippen LogP contribution in [0.3, 0.4) is 0 Å². The number of hydrogen-bond acceptors (Lipinski definition) is 4. The Bertz CT molecular complexity index is 853. The number of benzene rings is 2. The van der Waals surface area contributed by atoms with E-state index in [0.29, 0.717) is 6.54 Å². The quantitative estimate of drug-likeness (QED) is 0.661. The van der Waals surface area contributed by atoms with E-state index in [1.165, 1.54) is 0 Å². The van der Waals surface area contributed by atoms with E-state index in [1.54, 1.807) is 42.5 Å². The second-order valence-electron chi connectivity index (χ2n) is 5.40. The summed E-state index contributed by atoms with van der Waals surface area (Å²) >= 11 is 1.57. The largest absolute Gasteiger partial charge is 0.497 e. The van der Waals surface area contributed by atoms with Gasteiger partial charge in [-0.25, -0.2) is 4.98 Å². The first kappa shape index (κ1) is 16.2. The van der Waals surface area contributed by atoms with E-state index in [4.69, 9.17) is 4.74 Å². The molecule has 2 aromatic carbocycles. The molecule has 1 amide bonds. The van der Waals surface area contributed by atoms with Crippen molar-refractivity contribution in [2.24, 2.45) is 0 Å². The average molecular weight is 338 g/mol. The lowest BCUT2D eigenvalue weighted by molar-refractivity contribution is -0.125. The Balaban J connectivity index is 1.66. The Morgan fingerprint density at radius 1 is 1.25 bits per heavy atom. The number of hydrogen-bond donors (Lipinski definition) is 0. The standard InChI is InChI=1S/C19H18N2O2S/c1-21(13-14-6-5-7-15(12-14)23-2)19(22)11-10-18-20-16-8-3-4-9-17(16)24-18/h3-12H,13H2,1-2H3. The van der Waals surface area contributed by atoms with E-state index in [-0.39, 0.29) is 5.91 Å². The maximum atomic E-state index is 12.3. The highest BCUT2D eigenvalue weighted by Crippen LogP contribution is 2.22. The van der Waals surface area contributed by atoms with Crippen molar-refractivity contribution in [3.8, 4) is 5.75 Å². The number of amides is 1. The molecule has 0 aliphatic rings. The van der Waals surface area contributed by atoms with Crippen LogP contribution in [0, 0.1) is 0 Å². The number of carbonyl (C=O) groups excluding carboxylic acids is 1. The van der Waals surface area contributed by atoms with Gasteiger partial charge in [0.2, 0.25) is 5.91 Å². The van der Waals surface area contributed by atoms with Gasteiger partial charge in [0.1, 0.15) is 10.8 Å². The van der Waals surface area contributed by atoms with Crippen molar-refractivity contribution in [2.75, 3.05) is 14.2 Å². The molecule has 0 fully saturated rings. The van der Waals surface area contributed by atoms with Crippen LogP contribution in [0.15, 0.2) is 54.6 Å². The number of likely N-dealkylation sites (N-methyl/N-ethyl adjacent to an activating group) is 1. The predicted octanol–water partition coefficient (Wildman–Crippen LogP) is 3.98. The van der Waals surface area contributed by atoms with Crippen LogP contribution >= 0.6 is 11.3 Å². The Kier molecular flexibility index (Phi) is 4.91. The summed E-state index contributed by atoms with van der Waals surface area (Å²) in [6.07, 6.45) is 3.34. The third-order valence-electron chi connectivity index (χ3n) is 3.61. The minimum absolute atomic E-state index is 0.0583. The van der Waals surface area contributed by atoms with Crippen molar-refractivity contribution in [1.82, 2.24) is 9.88 Å². The van der Waals surface area contributed by atoms with Gasteiger partial charge in [-0.05, 0) is 35.9 Å². The molecule has 0 saturated heterocycles. The molecular formula is C19H18N2O2S. The molecule has 4 nitrogen and oxygen atoms in total. The summed E-state index contributed by atoms with van der Waals surface area (Å²) in [4.78, 5) is 18.4. The summed E-state index contributed by atoms with van der Waals surface area (Å²) in [5.74, 6) is 0.732. The minimum Gasteiger partial charge on any atom is -0.497 e. The summed E-state index contributed by atoms with van der Waals surface area (Å²) in [6, 6.07) is 15.7. The lowest BCUT2D eigenvalue weighted by atomic mass is 10.2. The van der Waals surface area contributed by atoms with Crippen LogP contribution in [0.1, 0.15) is 10.6 Å². The summed E-state index contributed by atoms with van der Waals surface area (Å²) in [5.41, 5.74) is 1.98. The second-order valence-corrected chi connectivity index (χ2v) is 6.46. The fourth-order valence-corrected chi connectivity index (χ4v) is 3.22. The number of nitrogens with zero attached hydrogens (tertiary/aromatic N) is 2. The molecule has 0 spiro atoms. The van der Waals surface area contributed by atoms with Gasteiger partial charge >= 0.3 is 0 Å². The number of carbonyl (C=O) groups is 1. The van der Waals surface area contributed by atoms with E-state index < -0.39 is 0 Å². The molecule has 3 rings (SSSR count). The van der Waals surface area contributed by atoms with Crippen LogP contribution in [-0.2, 0) is 11.3 Å². The number of rotatable bonds is 5. The Morgan fingerprint density at radius 2 is 2.08 bits per heavy atom. The zero-order valence-corrected chi connectivity index (χ0v) is 14.4. The van der Waals surface area contributed by atoms with Gasteiger partial charge in [0.25, 0.3) is 0 Å². The van der Waals surface area contributed by atoms with Crippen LogP contribution < -0.4 is 4.74 Å². The molecular weight excluding hydrogens is 320 g/mol. The van der Waals surface area contributed by atoms with Gasteiger partial charge in [-0.15, -0.1) is 11.3 Å². The summed E-state index contributed by atoms with van der Waals surface area (Å²) in [7, 11) is 3.42. The third-order valence-corrected chi connectivity index (χ3v) is 4.61. The fraction of sp³-hybridized carbons (Fsp3) is 0.158. The van der Waals surface area contributed by atoms with Crippen LogP contribution in [0.4, 0.5) is 0 Å². The molecule has 0 unspecified atom stereocenters. The molecule has 122 valence electrons. The molecule has 0 radical (unpaired) electrons. The highest BCUT2D eigenvalue weighted by atomic mass is 32.1. The molecule has 0 aliphatic carbocycles. The van der Waals surface area contributed by atoms with Crippen molar-refractivity contribution in [1.29, 1.82) is 0 Å². The first-order valence-electron chi connectivity index (χ1n) is 7.57. The van der Waals surface area contributed by atoms with Gasteiger partial charge in [0.15, 0.2) is 0 Å². The summed E-state index contributed by atoms with van der Waals surface area (Å²) in [5, 5.41) is 0.833. The molecule has 3 aromatic rings. The summed E-state index contributed by atoms with van der Waals surface area (Å²) < 4.78 is 6.33. The number of fused-ring (bicyclic) bond motifs is 1. The van der Waals surface area contributed by atoms with Gasteiger partial charge in [-0.1, -0.05) is 24.3 Å². The highest BCUT2D eigenvalue weighted by molar-refractivity contribution is 7.19. The zero-order valence-electron chi connectivity index (χ0n) is 13.6. The lowest BCUT2D eigenvalue weighted by Gasteiger charge is -2.15. The first-order valence-corrected chi connectivity index (χ1v) is 8.39. The van der Waals surface area contributed by atoms with Crippen LogP contribution in [0.25, 0.3) is 16.3 Å². The van der Waals surface area contributed by atoms with E-state index in [2.05, 4.69) is 4.98 Å². The van der Waals surface area contributed by atoms with Crippen molar-refractivity contribution in [3.63, 3.8) is 0 Å². The topological polar surface area (TPSA) is 42.4 Å². The predicted molar refractivity (Wildman–Crippen MR) is 98.1 cm³/mol. The number of methoxy groups -OCH3 is 1.